The van der Waals surface area contributed by atoms with Gasteiger partial charge in [-0.3, -0.25) is 0 Å². The number of rotatable bonds is 0. The van der Waals surface area contributed by atoms with E-state index in [4.69, 9.17) is 13.1 Å². The molecule has 0 heterocycles. The van der Waals surface area contributed by atoms with Crippen LogP contribution in [0.4, 0.5) is 0 Å². The number of nitrogens with zero attached hydrogens (tertiary/aromatic N) is 2. The maximum absolute atomic E-state index is 6.08. The van der Waals surface area contributed by atoms with Crippen LogP contribution < -0.4 is 0 Å². The van der Waals surface area contributed by atoms with Gasteiger partial charge in [0, 0.05) is 13.8 Å². The summed E-state index contributed by atoms with van der Waals surface area (Å²) in [7, 11) is 0. The van der Waals surface area contributed by atoms with Crippen LogP contribution in [0.1, 0.15) is 13.8 Å². The second kappa shape index (κ2) is 38.6. The van der Waals surface area contributed by atoms with Crippen molar-refractivity contribution in [2.75, 3.05) is 13.1 Å². The lowest BCUT2D eigenvalue weighted by Crippen LogP contribution is -1.47. The van der Waals surface area contributed by atoms with E-state index >= 15 is 0 Å². The molecule has 60 valence electrons. The average molecular weight is 183 g/mol. The fourth-order valence-electron chi connectivity index (χ4n) is 0. The van der Waals surface area contributed by atoms with Gasteiger partial charge in [0.25, 0.3) is 0 Å². The van der Waals surface area contributed by atoms with E-state index in [1.165, 1.54) is 0 Å². The number of halogens is 2. The van der Waals surface area contributed by atoms with Crippen LogP contribution in [0.25, 0.3) is 9.69 Å². The third-order valence-corrected chi connectivity index (χ3v) is 0.316. The maximum Gasteiger partial charge on any atom is 0.211 e. The first-order valence-corrected chi connectivity index (χ1v) is 2.49. The summed E-state index contributed by atoms with van der Waals surface area (Å²) in [6.45, 7) is 17.0. The highest BCUT2D eigenvalue weighted by Gasteiger charge is 1.50. The third kappa shape index (κ3) is 134. The summed E-state index contributed by atoms with van der Waals surface area (Å²) in [5.74, 6) is 0. The van der Waals surface area contributed by atoms with Gasteiger partial charge in [-0.05, 0) is 0 Å². The predicted molar refractivity (Wildman–Crippen MR) is 48.8 cm³/mol. The zero-order valence-corrected chi connectivity index (χ0v) is 7.76. The standard InChI is InChI=1S/2C3H5N.2ClH/c2*1-3-4-2;;/h2*3H2,1H3;2*1H. The first kappa shape index (κ1) is 22.7. The molecule has 0 spiro atoms. The molecular weight excluding hydrogens is 171 g/mol. The fourth-order valence-corrected chi connectivity index (χ4v) is 0. The first-order valence-electron chi connectivity index (χ1n) is 2.49. The minimum atomic E-state index is 0. The zero-order valence-electron chi connectivity index (χ0n) is 6.13. The minimum absolute atomic E-state index is 0. The highest BCUT2D eigenvalue weighted by molar-refractivity contribution is 5.85. The molecule has 0 unspecified atom stereocenters. The second-order valence-electron chi connectivity index (χ2n) is 0.949. The Balaban J connectivity index is -0.0000000300. The van der Waals surface area contributed by atoms with Crippen molar-refractivity contribution in [3.8, 4) is 0 Å². The van der Waals surface area contributed by atoms with Crippen LogP contribution in [0.5, 0.6) is 0 Å². The quantitative estimate of drug-likeness (QED) is 0.510. The lowest BCUT2D eigenvalue weighted by molar-refractivity contribution is 1.35. The summed E-state index contributed by atoms with van der Waals surface area (Å²) < 4.78 is 0. The van der Waals surface area contributed by atoms with Crippen LogP contribution in [-0.2, 0) is 0 Å². The molecule has 10 heavy (non-hydrogen) atoms. The monoisotopic (exact) mass is 182 g/mol. The average Bonchev–Trinajstić information content (AvgIpc) is 1.88. The molecule has 0 bridgehead atoms. The molecule has 0 amide bonds. The van der Waals surface area contributed by atoms with Crippen molar-refractivity contribution in [3.05, 3.63) is 22.8 Å². The Hall–Kier alpha value is -0.440. The van der Waals surface area contributed by atoms with Crippen molar-refractivity contribution in [2.45, 2.75) is 13.8 Å². The SMILES string of the molecule is Cl.Cl.[C-]#[N+]CC.[C-]#[N+]CC. The summed E-state index contributed by atoms with van der Waals surface area (Å²) in [5.41, 5.74) is 0. The Kier molecular flexibility index (Phi) is 87.5. The summed E-state index contributed by atoms with van der Waals surface area (Å²) >= 11 is 0. The van der Waals surface area contributed by atoms with E-state index in [0.717, 1.165) is 0 Å². The Morgan fingerprint density at radius 1 is 0.900 bits per heavy atom. The zero-order chi connectivity index (χ0) is 6.83. The predicted octanol–water partition coefficient (Wildman–Crippen LogP) is 2.69. The molecule has 0 aromatic rings. The lowest BCUT2D eigenvalue weighted by atomic mass is 10.8. The van der Waals surface area contributed by atoms with E-state index in [2.05, 4.69) is 9.69 Å². The van der Waals surface area contributed by atoms with Gasteiger partial charge in [-0.25, -0.2) is 13.1 Å². The van der Waals surface area contributed by atoms with Crippen LogP contribution in [0.3, 0.4) is 0 Å². The Labute approximate surface area is 75.1 Å². The van der Waals surface area contributed by atoms with Crippen molar-refractivity contribution in [3.63, 3.8) is 0 Å². The highest BCUT2D eigenvalue weighted by atomic mass is 35.5. The lowest BCUT2D eigenvalue weighted by Gasteiger charge is -1.51. The summed E-state index contributed by atoms with van der Waals surface area (Å²) in [4.78, 5) is 5.97. The van der Waals surface area contributed by atoms with E-state index in [-0.39, 0.29) is 24.8 Å². The van der Waals surface area contributed by atoms with Crippen molar-refractivity contribution in [1.82, 2.24) is 0 Å². The van der Waals surface area contributed by atoms with E-state index < -0.39 is 0 Å². The smallest absolute Gasteiger partial charge is 0.211 e. The van der Waals surface area contributed by atoms with Crippen LogP contribution in [0.15, 0.2) is 0 Å². The molecule has 2 nitrogen and oxygen atoms in total. The minimum Gasteiger partial charge on any atom is -0.317 e. The summed E-state index contributed by atoms with van der Waals surface area (Å²) in [6.07, 6.45) is 0. The number of hydrogen-bond donors (Lipinski definition) is 0. The van der Waals surface area contributed by atoms with Gasteiger partial charge in [-0.15, -0.1) is 24.8 Å². The van der Waals surface area contributed by atoms with Gasteiger partial charge in [0.15, 0.2) is 0 Å². The van der Waals surface area contributed by atoms with Crippen LogP contribution in [0.2, 0.25) is 0 Å². The van der Waals surface area contributed by atoms with Gasteiger partial charge >= 0.3 is 0 Å². The molecule has 0 rings (SSSR count). The van der Waals surface area contributed by atoms with E-state index in [1.54, 1.807) is 0 Å². The van der Waals surface area contributed by atoms with Crippen LogP contribution in [-0.4, -0.2) is 13.1 Å². The molecule has 0 N–H and O–H groups in total. The molecule has 0 saturated heterocycles. The van der Waals surface area contributed by atoms with Crippen LogP contribution in [0, 0.1) is 13.1 Å². The van der Waals surface area contributed by atoms with Gasteiger partial charge in [0.05, 0.1) is 0 Å². The van der Waals surface area contributed by atoms with Crippen molar-refractivity contribution < 1.29 is 0 Å². The Morgan fingerprint density at radius 2 is 1.00 bits per heavy atom. The molecule has 0 fully saturated rings. The van der Waals surface area contributed by atoms with Gasteiger partial charge in [0.1, 0.15) is 0 Å². The van der Waals surface area contributed by atoms with Gasteiger partial charge in [0.2, 0.25) is 13.1 Å². The molecule has 0 saturated carbocycles. The largest absolute Gasteiger partial charge is 0.317 e. The van der Waals surface area contributed by atoms with E-state index in [0.29, 0.717) is 13.1 Å². The topological polar surface area (TPSA) is 8.72 Å². The Bertz CT molecular complexity index is 87.3. The van der Waals surface area contributed by atoms with Crippen molar-refractivity contribution in [2.24, 2.45) is 0 Å². The molecule has 0 aliphatic carbocycles. The van der Waals surface area contributed by atoms with Crippen molar-refractivity contribution >= 4 is 24.8 Å². The normalized spacial score (nSPS) is 4.00. The summed E-state index contributed by atoms with van der Waals surface area (Å²) in [5, 5.41) is 0. The maximum atomic E-state index is 6.08. The third-order valence-electron chi connectivity index (χ3n) is 0.316. The number of hydrogen-bond acceptors (Lipinski definition) is 0. The van der Waals surface area contributed by atoms with Crippen LogP contribution >= 0.6 is 24.8 Å². The molecule has 0 aliphatic heterocycles. The molecule has 0 aliphatic rings. The van der Waals surface area contributed by atoms with E-state index in [9.17, 15) is 0 Å². The molecule has 0 atom stereocenters. The molecular formula is C6H12Cl2N2. The van der Waals surface area contributed by atoms with Gasteiger partial charge < -0.3 is 9.69 Å². The fraction of sp³-hybridized carbons (Fsp3) is 0.667. The first-order chi connectivity index (χ1) is 3.83. The molecule has 4 heteroatoms. The van der Waals surface area contributed by atoms with Gasteiger partial charge in [-0.1, -0.05) is 0 Å². The second-order valence-corrected chi connectivity index (χ2v) is 0.949. The molecule has 0 aromatic carbocycles. The van der Waals surface area contributed by atoms with Crippen molar-refractivity contribution in [1.29, 1.82) is 0 Å². The van der Waals surface area contributed by atoms with Gasteiger partial charge in [-0.2, -0.15) is 0 Å². The Morgan fingerprint density at radius 3 is 1.00 bits per heavy atom. The van der Waals surface area contributed by atoms with E-state index in [1.807, 2.05) is 13.8 Å². The summed E-state index contributed by atoms with van der Waals surface area (Å²) in [6, 6.07) is 0. The molecule has 0 aromatic heterocycles. The molecule has 0 radical (unpaired) electrons. The highest BCUT2D eigenvalue weighted by Crippen LogP contribution is 1.53.